The first kappa shape index (κ1) is 27.3. The minimum atomic E-state index is 0.245. The first-order valence-electron chi connectivity index (χ1n) is 12.9. The highest BCUT2D eigenvalue weighted by molar-refractivity contribution is 6.09. The predicted molar refractivity (Wildman–Crippen MR) is 152 cm³/mol. The summed E-state index contributed by atoms with van der Waals surface area (Å²) < 4.78 is 0. The molecule has 0 aliphatic carbocycles. The largest absolute Gasteiger partial charge is 0.507 e. The van der Waals surface area contributed by atoms with Crippen molar-refractivity contribution in [2.24, 2.45) is 20.0 Å². The molecule has 36 heavy (non-hydrogen) atoms. The normalized spacial score (nSPS) is 16.6. The van der Waals surface area contributed by atoms with Gasteiger partial charge < -0.3 is 10.2 Å². The Balaban J connectivity index is 1.93. The summed E-state index contributed by atoms with van der Waals surface area (Å²) in [5.74, 6) is 0.490. The fraction of sp³-hybridized carbons (Fsp3) is 0.467. The molecular formula is C30H40N4O2. The number of nitrogens with zero attached hydrogens (tertiary/aromatic N) is 4. The lowest BCUT2D eigenvalue weighted by molar-refractivity contribution is 0.472. The second kappa shape index (κ2) is 12.6. The van der Waals surface area contributed by atoms with Gasteiger partial charge in [-0.15, -0.1) is 0 Å². The van der Waals surface area contributed by atoms with Crippen LogP contribution in [0, 0.1) is 13.8 Å². The summed E-state index contributed by atoms with van der Waals surface area (Å²) in [6.07, 6.45) is 3.71. The van der Waals surface area contributed by atoms with Crippen LogP contribution in [-0.4, -0.2) is 59.2 Å². The zero-order valence-corrected chi connectivity index (χ0v) is 22.6. The van der Waals surface area contributed by atoms with Crippen molar-refractivity contribution >= 4 is 22.8 Å². The van der Waals surface area contributed by atoms with E-state index in [2.05, 4.69) is 0 Å². The molecule has 0 fully saturated rings. The summed E-state index contributed by atoms with van der Waals surface area (Å²) in [6.45, 7) is 14.5. The number of phenolic OH excluding ortho intramolecular Hbond substituents is 2. The number of fused-ring (bicyclic) bond motifs is 4. The fourth-order valence-corrected chi connectivity index (χ4v) is 4.46. The lowest BCUT2D eigenvalue weighted by atomic mass is 9.99. The van der Waals surface area contributed by atoms with Crippen LogP contribution < -0.4 is 0 Å². The third-order valence-electron chi connectivity index (χ3n) is 6.60. The molecule has 2 aromatic carbocycles. The standard InChI is InChI=1S/C30H40N4O2/c1-19-15-25-21(3)31-11-8-7-9-12-32-22(4)26-16-20(2)18-28(30(26)36)24(6)34-14-10-13-33-23(5)27(17-19)29(25)35/h15-18,35-36H,7-14H2,1-6H3. The van der Waals surface area contributed by atoms with Gasteiger partial charge in [-0.05, 0) is 103 Å². The monoisotopic (exact) mass is 488 g/mol. The van der Waals surface area contributed by atoms with E-state index in [9.17, 15) is 10.2 Å². The predicted octanol–water partition coefficient (Wildman–Crippen LogP) is 6.22. The molecule has 2 N–H and O–H groups in total. The Kier molecular flexibility index (Phi) is 9.57. The van der Waals surface area contributed by atoms with E-state index in [1.807, 2.05) is 65.8 Å². The zero-order valence-electron chi connectivity index (χ0n) is 22.6. The number of aromatic hydroxyl groups is 2. The summed E-state index contributed by atoms with van der Waals surface area (Å²) in [5, 5.41) is 22.0. The van der Waals surface area contributed by atoms with E-state index >= 15 is 0 Å². The van der Waals surface area contributed by atoms with Crippen LogP contribution in [0.5, 0.6) is 11.5 Å². The molecule has 1 aliphatic rings. The summed E-state index contributed by atoms with van der Waals surface area (Å²) >= 11 is 0. The van der Waals surface area contributed by atoms with Gasteiger partial charge in [-0.25, -0.2) is 0 Å². The number of aryl methyl sites for hydroxylation is 2. The quantitative estimate of drug-likeness (QED) is 0.461. The van der Waals surface area contributed by atoms with E-state index in [0.717, 1.165) is 81.9 Å². The Bertz CT molecular complexity index is 1130. The van der Waals surface area contributed by atoms with Crippen molar-refractivity contribution in [2.45, 2.75) is 67.2 Å². The molecular weight excluding hydrogens is 448 g/mol. The van der Waals surface area contributed by atoms with Crippen LogP contribution in [0.15, 0.2) is 44.2 Å². The van der Waals surface area contributed by atoms with Gasteiger partial charge in [0.25, 0.3) is 0 Å². The SMILES string of the molecule is CC1=NCCCCCN=C(C)c2cc(C)cc(c2O)C(C)=NCCCN=C(C)c2cc(C)cc1c2O. The topological polar surface area (TPSA) is 89.9 Å². The maximum atomic E-state index is 11.0. The maximum Gasteiger partial charge on any atom is 0.133 e. The van der Waals surface area contributed by atoms with E-state index < -0.39 is 0 Å². The first-order chi connectivity index (χ1) is 17.2. The van der Waals surface area contributed by atoms with Gasteiger partial charge >= 0.3 is 0 Å². The van der Waals surface area contributed by atoms with Crippen molar-refractivity contribution in [3.05, 3.63) is 57.6 Å². The highest BCUT2D eigenvalue weighted by Gasteiger charge is 2.15. The molecule has 0 saturated heterocycles. The van der Waals surface area contributed by atoms with Gasteiger partial charge in [-0.2, -0.15) is 0 Å². The van der Waals surface area contributed by atoms with Gasteiger partial charge in [0.15, 0.2) is 0 Å². The number of rotatable bonds is 0. The Morgan fingerprint density at radius 2 is 0.722 bits per heavy atom. The summed E-state index contributed by atoms with van der Waals surface area (Å²) in [5.41, 5.74) is 8.51. The van der Waals surface area contributed by atoms with Gasteiger partial charge in [0, 0.05) is 71.3 Å². The molecule has 0 amide bonds. The number of hydrogen-bond donors (Lipinski definition) is 2. The van der Waals surface area contributed by atoms with E-state index in [4.69, 9.17) is 20.0 Å². The Morgan fingerprint density at radius 1 is 0.444 bits per heavy atom. The van der Waals surface area contributed by atoms with Crippen LogP contribution in [0.1, 0.15) is 86.8 Å². The zero-order chi connectivity index (χ0) is 26.2. The molecule has 0 saturated carbocycles. The minimum absolute atomic E-state index is 0.245. The van der Waals surface area contributed by atoms with E-state index in [-0.39, 0.29) is 11.5 Å². The number of phenols is 2. The van der Waals surface area contributed by atoms with Crippen LogP contribution in [0.4, 0.5) is 0 Å². The molecule has 0 atom stereocenters. The molecule has 4 bridgehead atoms. The Labute approximate surface area is 215 Å². The molecule has 6 nitrogen and oxygen atoms in total. The summed E-state index contributed by atoms with van der Waals surface area (Å²) in [4.78, 5) is 18.9. The van der Waals surface area contributed by atoms with Gasteiger partial charge in [0.2, 0.25) is 0 Å². The average Bonchev–Trinajstić information content (AvgIpc) is 2.84. The highest BCUT2D eigenvalue weighted by atomic mass is 16.3. The third kappa shape index (κ3) is 6.90. The molecule has 6 heteroatoms. The van der Waals surface area contributed by atoms with Gasteiger partial charge in [0.1, 0.15) is 11.5 Å². The van der Waals surface area contributed by atoms with Crippen LogP contribution in [0.3, 0.4) is 0 Å². The number of aliphatic imine (C=N–C) groups is 4. The molecule has 2 aromatic rings. The molecule has 0 aromatic heterocycles. The molecule has 3 rings (SSSR count). The molecule has 192 valence electrons. The van der Waals surface area contributed by atoms with Crippen molar-refractivity contribution in [1.82, 2.24) is 0 Å². The van der Waals surface area contributed by atoms with E-state index in [1.165, 1.54) is 0 Å². The second-order valence-corrected chi connectivity index (χ2v) is 9.70. The van der Waals surface area contributed by atoms with Crippen LogP contribution in [0.2, 0.25) is 0 Å². The Hall–Kier alpha value is -3.28. The summed E-state index contributed by atoms with van der Waals surface area (Å²) in [7, 11) is 0. The van der Waals surface area contributed by atoms with Crippen molar-refractivity contribution in [1.29, 1.82) is 0 Å². The molecule has 0 radical (unpaired) electrons. The van der Waals surface area contributed by atoms with Crippen molar-refractivity contribution in [3.8, 4) is 11.5 Å². The van der Waals surface area contributed by atoms with Gasteiger partial charge in [-0.1, -0.05) is 0 Å². The molecule has 1 aliphatic heterocycles. The molecule has 0 unspecified atom stereocenters. The minimum Gasteiger partial charge on any atom is -0.507 e. The smallest absolute Gasteiger partial charge is 0.133 e. The van der Waals surface area contributed by atoms with Gasteiger partial charge in [-0.3, -0.25) is 20.0 Å². The van der Waals surface area contributed by atoms with Crippen LogP contribution >= 0.6 is 0 Å². The van der Waals surface area contributed by atoms with E-state index in [0.29, 0.717) is 26.2 Å². The third-order valence-corrected chi connectivity index (χ3v) is 6.60. The number of hydrogen-bond acceptors (Lipinski definition) is 6. The average molecular weight is 489 g/mol. The van der Waals surface area contributed by atoms with Gasteiger partial charge in [0.05, 0.1) is 0 Å². The van der Waals surface area contributed by atoms with Crippen LogP contribution in [-0.2, 0) is 0 Å². The lowest BCUT2D eigenvalue weighted by Crippen LogP contribution is -2.06. The van der Waals surface area contributed by atoms with Crippen LogP contribution in [0.25, 0.3) is 0 Å². The van der Waals surface area contributed by atoms with Crippen molar-refractivity contribution < 1.29 is 10.2 Å². The maximum absolute atomic E-state index is 11.0. The first-order valence-corrected chi connectivity index (χ1v) is 12.9. The molecule has 0 spiro atoms. The summed E-state index contributed by atoms with van der Waals surface area (Å²) in [6, 6.07) is 7.94. The second-order valence-electron chi connectivity index (χ2n) is 9.70. The number of benzene rings is 2. The van der Waals surface area contributed by atoms with Crippen molar-refractivity contribution in [3.63, 3.8) is 0 Å². The molecule has 1 heterocycles. The lowest BCUT2D eigenvalue weighted by Gasteiger charge is -2.13. The Morgan fingerprint density at radius 3 is 1.03 bits per heavy atom. The van der Waals surface area contributed by atoms with E-state index in [1.54, 1.807) is 0 Å². The van der Waals surface area contributed by atoms with Crippen molar-refractivity contribution in [2.75, 3.05) is 26.2 Å². The highest BCUT2D eigenvalue weighted by Crippen LogP contribution is 2.28. The fourth-order valence-electron chi connectivity index (χ4n) is 4.46.